The highest BCUT2D eigenvalue weighted by Crippen LogP contribution is 2.21. The molecule has 2 fully saturated rings. The van der Waals surface area contributed by atoms with E-state index in [0.29, 0.717) is 12.0 Å². The van der Waals surface area contributed by atoms with Crippen molar-refractivity contribution in [2.75, 3.05) is 31.9 Å². The third-order valence-electron chi connectivity index (χ3n) is 4.16. The first-order chi connectivity index (χ1) is 8.69. The summed E-state index contributed by atoms with van der Waals surface area (Å²) in [7, 11) is 0. The molecule has 2 heterocycles. The van der Waals surface area contributed by atoms with Gasteiger partial charge in [-0.25, -0.2) is 0 Å². The van der Waals surface area contributed by atoms with Gasteiger partial charge in [-0.15, -0.1) is 0 Å². The topological polar surface area (TPSA) is 27.6 Å². The number of piperidine rings is 1. The number of nitrogens with one attached hydrogen (secondary N) is 1. The maximum absolute atomic E-state index is 4.78. The number of nitrogens with zero attached hydrogens (tertiary/aromatic N) is 2. The smallest absolute Gasteiger partial charge is 0.156 e. The summed E-state index contributed by atoms with van der Waals surface area (Å²) >= 11 is 1.90. The molecule has 0 amide bonds. The molecular formula is C14H27N3S. The van der Waals surface area contributed by atoms with Crippen molar-refractivity contribution in [3.05, 3.63) is 0 Å². The molecule has 18 heavy (non-hydrogen) atoms. The number of rotatable bonds is 4. The van der Waals surface area contributed by atoms with E-state index in [1.807, 2.05) is 11.8 Å². The molecule has 0 aromatic heterocycles. The van der Waals surface area contributed by atoms with Crippen LogP contribution in [-0.4, -0.2) is 48.0 Å². The van der Waals surface area contributed by atoms with Gasteiger partial charge in [-0.2, -0.15) is 0 Å². The number of hydrogen-bond donors (Lipinski definition) is 1. The van der Waals surface area contributed by atoms with Crippen molar-refractivity contribution in [1.29, 1.82) is 0 Å². The lowest BCUT2D eigenvalue weighted by Crippen LogP contribution is -2.35. The molecule has 1 atom stereocenters. The third kappa shape index (κ3) is 3.89. The van der Waals surface area contributed by atoms with Crippen LogP contribution in [0.1, 0.15) is 33.6 Å². The second-order valence-corrected chi connectivity index (χ2v) is 6.84. The van der Waals surface area contributed by atoms with Gasteiger partial charge in [-0.05, 0) is 44.3 Å². The van der Waals surface area contributed by atoms with E-state index in [9.17, 15) is 0 Å². The van der Waals surface area contributed by atoms with E-state index >= 15 is 0 Å². The van der Waals surface area contributed by atoms with E-state index in [0.717, 1.165) is 12.5 Å². The van der Waals surface area contributed by atoms with Crippen LogP contribution in [0, 0.1) is 11.8 Å². The van der Waals surface area contributed by atoms with Gasteiger partial charge in [-0.3, -0.25) is 4.99 Å². The Labute approximate surface area is 116 Å². The van der Waals surface area contributed by atoms with Crippen molar-refractivity contribution in [2.24, 2.45) is 16.8 Å². The first kappa shape index (κ1) is 14.2. The van der Waals surface area contributed by atoms with E-state index in [4.69, 9.17) is 4.99 Å². The Balaban J connectivity index is 1.72. The van der Waals surface area contributed by atoms with Crippen LogP contribution in [0.15, 0.2) is 4.99 Å². The molecule has 0 bridgehead atoms. The maximum Gasteiger partial charge on any atom is 0.156 e. The first-order valence-corrected chi connectivity index (χ1v) is 8.33. The minimum absolute atomic E-state index is 0.621. The Hall–Kier alpha value is -0.220. The molecule has 0 radical (unpaired) electrons. The number of aliphatic imine (C=N–C) groups is 1. The normalized spacial score (nSPS) is 29.1. The predicted molar refractivity (Wildman–Crippen MR) is 81.4 cm³/mol. The molecule has 0 aliphatic carbocycles. The Kier molecular flexibility index (Phi) is 5.37. The van der Waals surface area contributed by atoms with Crippen molar-refractivity contribution < 1.29 is 0 Å². The molecule has 2 aliphatic rings. The Bertz CT molecular complexity index is 283. The Morgan fingerprint density at radius 2 is 2.11 bits per heavy atom. The minimum atomic E-state index is 0.621. The van der Waals surface area contributed by atoms with Crippen molar-refractivity contribution in [3.63, 3.8) is 0 Å². The molecule has 3 nitrogen and oxygen atoms in total. The van der Waals surface area contributed by atoms with Crippen LogP contribution >= 0.6 is 11.8 Å². The van der Waals surface area contributed by atoms with Gasteiger partial charge in [0.25, 0.3) is 0 Å². The van der Waals surface area contributed by atoms with Crippen LogP contribution in [0.25, 0.3) is 0 Å². The van der Waals surface area contributed by atoms with E-state index in [1.54, 1.807) is 0 Å². The van der Waals surface area contributed by atoms with Crippen molar-refractivity contribution in [3.8, 4) is 0 Å². The molecule has 2 aliphatic heterocycles. The van der Waals surface area contributed by atoms with Crippen LogP contribution in [-0.2, 0) is 0 Å². The standard InChI is InChI=1S/C14H27N3S/c1-4-17-7-5-12(6-8-17)9-15-14-16-13(10-18-14)11(2)3/h11-13H,4-10H2,1-3H3,(H,15,16). The van der Waals surface area contributed by atoms with E-state index < -0.39 is 0 Å². The summed E-state index contributed by atoms with van der Waals surface area (Å²) in [4.78, 5) is 7.32. The zero-order valence-corrected chi connectivity index (χ0v) is 12.8. The molecule has 2 saturated heterocycles. The molecular weight excluding hydrogens is 242 g/mol. The second-order valence-electron chi connectivity index (χ2n) is 5.83. The van der Waals surface area contributed by atoms with Crippen molar-refractivity contribution in [2.45, 2.75) is 39.7 Å². The number of thioether (sulfide) groups is 1. The fourth-order valence-electron chi connectivity index (χ4n) is 2.56. The van der Waals surface area contributed by atoms with Gasteiger partial charge in [0.15, 0.2) is 5.17 Å². The van der Waals surface area contributed by atoms with E-state index in [2.05, 4.69) is 31.0 Å². The highest BCUT2D eigenvalue weighted by Gasteiger charge is 2.23. The summed E-state index contributed by atoms with van der Waals surface area (Å²) in [5, 5.41) is 4.74. The molecule has 0 aromatic rings. The van der Waals surface area contributed by atoms with Crippen LogP contribution in [0.2, 0.25) is 0 Å². The van der Waals surface area contributed by atoms with Gasteiger partial charge >= 0.3 is 0 Å². The fraction of sp³-hybridized carbons (Fsp3) is 0.929. The average Bonchev–Trinajstić information content (AvgIpc) is 2.86. The van der Waals surface area contributed by atoms with Crippen LogP contribution in [0.4, 0.5) is 0 Å². The molecule has 0 saturated carbocycles. The Morgan fingerprint density at radius 3 is 2.67 bits per heavy atom. The Morgan fingerprint density at radius 1 is 1.39 bits per heavy atom. The molecule has 2 rings (SSSR count). The van der Waals surface area contributed by atoms with Crippen LogP contribution in [0.5, 0.6) is 0 Å². The highest BCUT2D eigenvalue weighted by molar-refractivity contribution is 8.14. The molecule has 104 valence electrons. The highest BCUT2D eigenvalue weighted by atomic mass is 32.2. The quantitative estimate of drug-likeness (QED) is 0.849. The largest absolute Gasteiger partial charge is 0.361 e. The van der Waals surface area contributed by atoms with Gasteiger partial charge in [-0.1, -0.05) is 32.5 Å². The molecule has 0 spiro atoms. The summed E-state index contributed by atoms with van der Waals surface area (Å²) in [6.45, 7) is 11.6. The second kappa shape index (κ2) is 6.80. The lowest BCUT2D eigenvalue weighted by atomic mass is 9.97. The monoisotopic (exact) mass is 269 g/mol. The van der Waals surface area contributed by atoms with Crippen LogP contribution < -0.4 is 5.32 Å². The van der Waals surface area contributed by atoms with Crippen LogP contribution in [0.3, 0.4) is 0 Å². The summed E-state index contributed by atoms with van der Waals surface area (Å²) in [6, 6.07) is 0.621. The van der Waals surface area contributed by atoms with Crippen molar-refractivity contribution >= 4 is 16.9 Å². The average molecular weight is 269 g/mol. The zero-order chi connectivity index (χ0) is 13.0. The third-order valence-corrected chi connectivity index (χ3v) is 5.21. The first-order valence-electron chi connectivity index (χ1n) is 7.35. The zero-order valence-electron chi connectivity index (χ0n) is 12.0. The lowest BCUT2D eigenvalue weighted by molar-refractivity contribution is 0.196. The van der Waals surface area contributed by atoms with E-state index in [-0.39, 0.29) is 0 Å². The SMILES string of the molecule is CCN1CCC(CN=C2NC(C(C)C)CS2)CC1. The van der Waals surface area contributed by atoms with Gasteiger partial charge < -0.3 is 10.2 Å². The summed E-state index contributed by atoms with van der Waals surface area (Å²) in [5.74, 6) is 2.70. The maximum atomic E-state index is 4.78. The van der Waals surface area contributed by atoms with Gasteiger partial charge in [0.1, 0.15) is 0 Å². The number of amidine groups is 1. The van der Waals surface area contributed by atoms with Gasteiger partial charge in [0.05, 0.1) is 0 Å². The minimum Gasteiger partial charge on any atom is -0.361 e. The van der Waals surface area contributed by atoms with Gasteiger partial charge in [0.2, 0.25) is 0 Å². The summed E-state index contributed by atoms with van der Waals surface area (Å²) in [6.07, 6.45) is 2.64. The predicted octanol–water partition coefficient (Wildman–Crippen LogP) is 2.44. The van der Waals surface area contributed by atoms with E-state index in [1.165, 1.54) is 43.4 Å². The molecule has 1 unspecified atom stereocenters. The summed E-state index contributed by atoms with van der Waals surface area (Å²) in [5.41, 5.74) is 0. The van der Waals surface area contributed by atoms with Crippen molar-refractivity contribution in [1.82, 2.24) is 10.2 Å². The van der Waals surface area contributed by atoms with Gasteiger partial charge in [0, 0.05) is 18.3 Å². The lowest BCUT2D eigenvalue weighted by Gasteiger charge is -2.30. The number of likely N-dealkylation sites (tertiary alicyclic amines) is 1. The fourth-order valence-corrected chi connectivity index (χ4v) is 3.76. The molecule has 4 heteroatoms. The number of hydrogen-bond acceptors (Lipinski definition) is 3. The molecule has 0 aromatic carbocycles. The molecule has 1 N–H and O–H groups in total. The summed E-state index contributed by atoms with van der Waals surface area (Å²) < 4.78 is 0.